The molecule has 1 aromatic heterocycles. The van der Waals surface area contributed by atoms with E-state index in [-0.39, 0.29) is 5.88 Å². The Hall–Kier alpha value is -2.13. The zero-order valence-electron chi connectivity index (χ0n) is 9.58. The van der Waals surface area contributed by atoms with E-state index in [1.165, 1.54) is 22.5 Å². The maximum Gasteiger partial charge on any atom is 0.222 e. The molecule has 0 saturated carbocycles. The first-order valence-electron chi connectivity index (χ1n) is 5.63. The predicted molar refractivity (Wildman–Crippen MR) is 74.7 cm³/mol. The molecule has 0 unspecified atom stereocenters. The fraction of sp³-hybridized carbons (Fsp3) is 0. The summed E-state index contributed by atoms with van der Waals surface area (Å²) in [6.07, 6.45) is 0. The molecule has 1 heterocycles. The van der Waals surface area contributed by atoms with E-state index in [0.29, 0.717) is 0 Å². The van der Waals surface area contributed by atoms with Gasteiger partial charge in [-0.05, 0) is 11.1 Å². The monoisotopic (exact) mass is 253 g/mol. The van der Waals surface area contributed by atoms with E-state index < -0.39 is 0 Å². The lowest BCUT2D eigenvalue weighted by Crippen LogP contribution is -1.79. The van der Waals surface area contributed by atoms with Gasteiger partial charge in [0.1, 0.15) is 5.01 Å². The maximum absolute atomic E-state index is 9.25. The van der Waals surface area contributed by atoms with Crippen LogP contribution in [0.1, 0.15) is 0 Å². The second-order valence-electron chi connectivity index (χ2n) is 3.95. The first-order valence-corrected chi connectivity index (χ1v) is 6.51. The summed E-state index contributed by atoms with van der Waals surface area (Å²) in [4.78, 5) is 4.06. The van der Waals surface area contributed by atoms with Crippen molar-refractivity contribution in [3.63, 3.8) is 0 Å². The first kappa shape index (κ1) is 11.0. The minimum absolute atomic E-state index is 0.0853. The van der Waals surface area contributed by atoms with Gasteiger partial charge in [-0.2, -0.15) is 0 Å². The van der Waals surface area contributed by atoms with Crippen LogP contribution in [0, 0.1) is 0 Å². The lowest BCUT2D eigenvalue weighted by atomic mass is 10.0. The fourth-order valence-corrected chi connectivity index (χ4v) is 2.52. The number of aromatic nitrogens is 1. The third kappa shape index (κ3) is 2.13. The molecule has 0 radical (unpaired) electrons. The molecule has 0 amide bonds. The molecule has 0 spiro atoms. The van der Waals surface area contributed by atoms with Crippen LogP contribution in [0.3, 0.4) is 0 Å². The van der Waals surface area contributed by atoms with Crippen LogP contribution in [-0.4, -0.2) is 10.1 Å². The van der Waals surface area contributed by atoms with Gasteiger partial charge < -0.3 is 5.11 Å². The van der Waals surface area contributed by atoms with Crippen molar-refractivity contribution < 1.29 is 5.11 Å². The zero-order chi connectivity index (χ0) is 12.4. The van der Waals surface area contributed by atoms with Crippen LogP contribution in [0.4, 0.5) is 0 Å². The van der Waals surface area contributed by atoms with E-state index in [1.54, 1.807) is 5.38 Å². The summed E-state index contributed by atoms with van der Waals surface area (Å²) in [5.74, 6) is 0.0853. The molecule has 0 atom stereocenters. The summed E-state index contributed by atoms with van der Waals surface area (Å²) in [7, 11) is 0. The Morgan fingerprint density at radius 3 is 2.00 bits per heavy atom. The molecule has 0 aliphatic rings. The van der Waals surface area contributed by atoms with Gasteiger partial charge >= 0.3 is 0 Å². The van der Waals surface area contributed by atoms with E-state index in [2.05, 4.69) is 29.2 Å². The number of benzene rings is 2. The van der Waals surface area contributed by atoms with Gasteiger partial charge in [0.15, 0.2) is 0 Å². The number of hydrogen-bond donors (Lipinski definition) is 1. The van der Waals surface area contributed by atoms with E-state index >= 15 is 0 Å². The minimum atomic E-state index is 0.0853. The normalized spacial score (nSPS) is 10.4. The van der Waals surface area contributed by atoms with Crippen molar-refractivity contribution in [2.24, 2.45) is 0 Å². The summed E-state index contributed by atoms with van der Waals surface area (Å²) in [6.45, 7) is 0. The zero-order valence-corrected chi connectivity index (χ0v) is 10.4. The predicted octanol–water partition coefficient (Wildman–Crippen LogP) is 4.18. The molecule has 2 aromatic carbocycles. The van der Waals surface area contributed by atoms with Crippen molar-refractivity contribution in [1.29, 1.82) is 0 Å². The van der Waals surface area contributed by atoms with Gasteiger partial charge in [-0.1, -0.05) is 54.6 Å². The molecule has 3 rings (SSSR count). The number of aromatic hydroxyl groups is 1. The Morgan fingerprint density at radius 2 is 1.39 bits per heavy atom. The molecule has 3 heteroatoms. The number of hydrogen-bond acceptors (Lipinski definition) is 3. The molecule has 88 valence electrons. The quantitative estimate of drug-likeness (QED) is 0.743. The highest BCUT2D eigenvalue weighted by atomic mass is 32.1. The third-order valence-corrected chi connectivity index (χ3v) is 3.61. The molecule has 18 heavy (non-hydrogen) atoms. The standard InChI is InChI=1S/C15H11NOS/c17-14-10-18-15(16-14)13-8-6-12(7-9-13)11-4-2-1-3-5-11/h1-10,17H. The molecule has 0 aliphatic heterocycles. The fourth-order valence-electron chi connectivity index (χ4n) is 1.83. The molecule has 0 fully saturated rings. The summed E-state index contributed by atoms with van der Waals surface area (Å²) < 4.78 is 0. The molecule has 0 bridgehead atoms. The first-order chi connectivity index (χ1) is 8.83. The van der Waals surface area contributed by atoms with Gasteiger partial charge in [0.05, 0.1) is 5.38 Å². The van der Waals surface area contributed by atoms with Crippen LogP contribution in [0.5, 0.6) is 5.88 Å². The third-order valence-electron chi connectivity index (χ3n) is 2.73. The molecule has 0 aliphatic carbocycles. The van der Waals surface area contributed by atoms with Crippen LogP contribution in [0.25, 0.3) is 21.7 Å². The van der Waals surface area contributed by atoms with Crippen molar-refractivity contribution >= 4 is 11.3 Å². The van der Waals surface area contributed by atoms with Crippen LogP contribution in [-0.2, 0) is 0 Å². The van der Waals surface area contributed by atoms with Crippen molar-refractivity contribution in [3.05, 3.63) is 60.0 Å². The van der Waals surface area contributed by atoms with Gasteiger partial charge in [-0.25, -0.2) is 4.98 Å². The number of nitrogens with zero attached hydrogens (tertiary/aromatic N) is 1. The van der Waals surface area contributed by atoms with E-state index in [0.717, 1.165) is 10.6 Å². The molecular weight excluding hydrogens is 242 g/mol. The van der Waals surface area contributed by atoms with Gasteiger partial charge in [0.2, 0.25) is 5.88 Å². The van der Waals surface area contributed by atoms with Crippen molar-refractivity contribution in [2.75, 3.05) is 0 Å². The Morgan fingerprint density at radius 1 is 0.778 bits per heavy atom. The lowest BCUT2D eigenvalue weighted by Gasteiger charge is -2.02. The number of rotatable bonds is 2. The lowest BCUT2D eigenvalue weighted by molar-refractivity contribution is 0.458. The molecule has 1 N–H and O–H groups in total. The Kier molecular flexibility index (Phi) is 2.82. The number of thiazole rings is 1. The Labute approximate surface area is 109 Å². The SMILES string of the molecule is Oc1csc(-c2ccc(-c3ccccc3)cc2)n1. The van der Waals surface area contributed by atoms with Gasteiger partial charge in [0, 0.05) is 5.56 Å². The summed E-state index contributed by atoms with van der Waals surface area (Å²) >= 11 is 1.44. The molecule has 2 nitrogen and oxygen atoms in total. The summed E-state index contributed by atoms with van der Waals surface area (Å²) in [5.41, 5.74) is 3.41. The topological polar surface area (TPSA) is 33.1 Å². The average molecular weight is 253 g/mol. The van der Waals surface area contributed by atoms with Crippen molar-refractivity contribution in [1.82, 2.24) is 4.98 Å². The van der Waals surface area contributed by atoms with Crippen molar-refractivity contribution in [3.8, 4) is 27.6 Å². The highest BCUT2D eigenvalue weighted by Crippen LogP contribution is 2.28. The second-order valence-corrected chi connectivity index (χ2v) is 4.81. The van der Waals surface area contributed by atoms with Crippen molar-refractivity contribution in [2.45, 2.75) is 0 Å². The smallest absolute Gasteiger partial charge is 0.222 e. The van der Waals surface area contributed by atoms with E-state index in [1.807, 2.05) is 30.3 Å². The van der Waals surface area contributed by atoms with Gasteiger partial charge in [0.25, 0.3) is 0 Å². The molecule has 0 saturated heterocycles. The summed E-state index contributed by atoms with van der Waals surface area (Å²) in [5, 5.41) is 11.7. The Bertz CT molecular complexity index is 644. The maximum atomic E-state index is 9.25. The van der Waals surface area contributed by atoms with Crippen LogP contribution < -0.4 is 0 Å². The summed E-state index contributed by atoms with van der Waals surface area (Å²) in [6, 6.07) is 18.4. The highest BCUT2D eigenvalue weighted by molar-refractivity contribution is 7.13. The molecular formula is C15H11NOS. The highest BCUT2D eigenvalue weighted by Gasteiger charge is 2.04. The second kappa shape index (κ2) is 4.63. The minimum Gasteiger partial charge on any atom is -0.493 e. The van der Waals surface area contributed by atoms with Gasteiger partial charge in [-0.15, -0.1) is 11.3 Å². The van der Waals surface area contributed by atoms with Crippen LogP contribution in [0.2, 0.25) is 0 Å². The molecule has 3 aromatic rings. The largest absolute Gasteiger partial charge is 0.493 e. The Balaban J connectivity index is 1.94. The van der Waals surface area contributed by atoms with Gasteiger partial charge in [-0.3, -0.25) is 0 Å². The average Bonchev–Trinajstić information content (AvgIpc) is 2.87. The van der Waals surface area contributed by atoms with E-state index in [9.17, 15) is 5.11 Å². The van der Waals surface area contributed by atoms with Crippen LogP contribution >= 0.6 is 11.3 Å². The van der Waals surface area contributed by atoms with Crippen LogP contribution in [0.15, 0.2) is 60.0 Å². The van der Waals surface area contributed by atoms with E-state index in [4.69, 9.17) is 0 Å².